The molecule has 0 bridgehead atoms. The SMILES string of the molecule is N#C[C@H]1CCCN(C(=O)c2cccc(OC(F)F)c2)C1. The fourth-order valence-corrected chi connectivity index (χ4v) is 2.25. The Morgan fingerprint density at radius 3 is 3.00 bits per heavy atom. The maximum Gasteiger partial charge on any atom is 0.387 e. The largest absolute Gasteiger partial charge is 0.435 e. The van der Waals surface area contributed by atoms with E-state index in [-0.39, 0.29) is 17.6 Å². The van der Waals surface area contributed by atoms with Crippen molar-refractivity contribution in [3.63, 3.8) is 0 Å². The molecule has 1 aromatic rings. The van der Waals surface area contributed by atoms with Gasteiger partial charge < -0.3 is 9.64 Å². The predicted octanol–water partition coefficient (Wildman–Crippen LogP) is 2.66. The maximum atomic E-state index is 12.3. The average Bonchev–Trinajstić information content (AvgIpc) is 2.46. The zero-order valence-corrected chi connectivity index (χ0v) is 10.8. The van der Waals surface area contributed by atoms with E-state index in [2.05, 4.69) is 10.8 Å². The quantitative estimate of drug-likeness (QED) is 0.855. The van der Waals surface area contributed by atoms with Crippen molar-refractivity contribution in [3.8, 4) is 11.8 Å². The molecule has 2 rings (SSSR count). The Labute approximate surface area is 115 Å². The smallest absolute Gasteiger partial charge is 0.387 e. The third kappa shape index (κ3) is 3.44. The number of alkyl halides is 2. The molecule has 6 heteroatoms. The maximum absolute atomic E-state index is 12.3. The van der Waals surface area contributed by atoms with Crippen LogP contribution in [0, 0.1) is 17.2 Å². The molecule has 1 fully saturated rings. The topological polar surface area (TPSA) is 53.3 Å². The van der Waals surface area contributed by atoms with Crippen LogP contribution in [0.1, 0.15) is 23.2 Å². The number of rotatable bonds is 3. The van der Waals surface area contributed by atoms with Crippen LogP contribution in [0.15, 0.2) is 24.3 Å². The zero-order chi connectivity index (χ0) is 14.5. The van der Waals surface area contributed by atoms with Gasteiger partial charge in [-0.05, 0) is 31.0 Å². The van der Waals surface area contributed by atoms with Crippen molar-refractivity contribution in [2.24, 2.45) is 5.92 Å². The van der Waals surface area contributed by atoms with Gasteiger partial charge in [0.15, 0.2) is 0 Å². The van der Waals surface area contributed by atoms with Gasteiger partial charge in [-0.2, -0.15) is 14.0 Å². The highest BCUT2D eigenvalue weighted by Crippen LogP contribution is 2.21. The molecule has 1 aliphatic heterocycles. The lowest BCUT2D eigenvalue weighted by Gasteiger charge is -2.29. The summed E-state index contributed by atoms with van der Waals surface area (Å²) in [5.74, 6) is -0.461. The number of halogens is 2. The molecule has 1 aliphatic rings. The molecule has 20 heavy (non-hydrogen) atoms. The highest BCUT2D eigenvalue weighted by molar-refractivity contribution is 5.94. The monoisotopic (exact) mass is 280 g/mol. The van der Waals surface area contributed by atoms with Crippen molar-refractivity contribution in [1.29, 1.82) is 5.26 Å². The fraction of sp³-hybridized carbons (Fsp3) is 0.429. The first-order chi connectivity index (χ1) is 9.60. The van der Waals surface area contributed by atoms with E-state index in [0.717, 1.165) is 12.8 Å². The minimum Gasteiger partial charge on any atom is -0.435 e. The summed E-state index contributed by atoms with van der Waals surface area (Å²) < 4.78 is 28.6. The van der Waals surface area contributed by atoms with E-state index in [1.807, 2.05) is 0 Å². The first kappa shape index (κ1) is 14.3. The van der Waals surface area contributed by atoms with E-state index in [4.69, 9.17) is 5.26 Å². The Bertz CT molecular complexity index is 528. The van der Waals surface area contributed by atoms with Gasteiger partial charge >= 0.3 is 6.61 Å². The molecule has 0 aromatic heterocycles. The Morgan fingerprint density at radius 1 is 1.50 bits per heavy atom. The number of hydrogen-bond acceptors (Lipinski definition) is 3. The molecule has 0 unspecified atom stereocenters. The number of piperidine rings is 1. The van der Waals surface area contributed by atoms with Crippen LogP contribution in [0.25, 0.3) is 0 Å². The van der Waals surface area contributed by atoms with E-state index in [9.17, 15) is 13.6 Å². The van der Waals surface area contributed by atoms with Crippen LogP contribution in [-0.2, 0) is 0 Å². The number of likely N-dealkylation sites (tertiary alicyclic amines) is 1. The number of nitriles is 1. The molecule has 1 heterocycles. The van der Waals surface area contributed by atoms with Crippen molar-refractivity contribution in [2.45, 2.75) is 19.5 Å². The molecule has 0 saturated carbocycles. The van der Waals surface area contributed by atoms with Crippen molar-refractivity contribution in [3.05, 3.63) is 29.8 Å². The lowest BCUT2D eigenvalue weighted by atomic mass is 9.99. The molecule has 1 amide bonds. The molecule has 0 radical (unpaired) electrons. The normalized spacial score (nSPS) is 18.7. The lowest BCUT2D eigenvalue weighted by Crippen LogP contribution is -2.39. The Morgan fingerprint density at radius 2 is 2.30 bits per heavy atom. The highest BCUT2D eigenvalue weighted by Gasteiger charge is 2.24. The van der Waals surface area contributed by atoms with Crippen LogP contribution in [0.3, 0.4) is 0 Å². The first-order valence-electron chi connectivity index (χ1n) is 6.34. The van der Waals surface area contributed by atoms with E-state index < -0.39 is 6.61 Å². The summed E-state index contributed by atoms with van der Waals surface area (Å²) in [6, 6.07) is 7.88. The standard InChI is InChI=1S/C14H14F2N2O2/c15-14(16)20-12-5-1-4-11(7-12)13(19)18-6-2-3-10(8-17)9-18/h1,4-5,7,10,14H,2-3,6,9H2/t10-/m1/s1. The average molecular weight is 280 g/mol. The van der Waals surface area contributed by atoms with Crippen molar-refractivity contribution in [2.75, 3.05) is 13.1 Å². The van der Waals surface area contributed by atoms with E-state index in [0.29, 0.717) is 18.7 Å². The van der Waals surface area contributed by atoms with Gasteiger partial charge in [-0.25, -0.2) is 0 Å². The Kier molecular flexibility index (Phi) is 4.51. The number of benzene rings is 1. The van der Waals surface area contributed by atoms with Gasteiger partial charge in [-0.15, -0.1) is 0 Å². The second-order valence-corrected chi connectivity index (χ2v) is 4.63. The molecule has 1 aromatic carbocycles. The lowest BCUT2D eigenvalue weighted by molar-refractivity contribution is -0.0499. The second-order valence-electron chi connectivity index (χ2n) is 4.63. The van der Waals surface area contributed by atoms with Gasteiger partial charge in [0, 0.05) is 18.7 Å². The summed E-state index contributed by atoms with van der Waals surface area (Å²) in [5.41, 5.74) is 0.293. The predicted molar refractivity (Wildman–Crippen MR) is 67.3 cm³/mol. The molecular weight excluding hydrogens is 266 g/mol. The number of carbonyl (C=O) groups is 1. The summed E-state index contributed by atoms with van der Waals surface area (Å²) in [5, 5.41) is 8.91. The van der Waals surface area contributed by atoms with Gasteiger partial charge in [-0.1, -0.05) is 6.07 Å². The van der Waals surface area contributed by atoms with Gasteiger partial charge in [0.2, 0.25) is 0 Å². The minimum atomic E-state index is -2.92. The molecule has 0 spiro atoms. The molecule has 1 saturated heterocycles. The van der Waals surface area contributed by atoms with Crippen LogP contribution in [-0.4, -0.2) is 30.5 Å². The van der Waals surface area contributed by atoms with Crippen molar-refractivity contribution >= 4 is 5.91 Å². The van der Waals surface area contributed by atoms with Gasteiger partial charge in [0.05, 0.1) is 12.0 Å². The minimum absolute atomic E-state index is 0.0420. The molecule has 1 atom stereocenters. The van der Waals surface area contributed by atoms with Crippen LogP contribution < -0.4 is 4.74 Å². The van der Waals surface area contributed by atoms with E-state index in [1.54, 1.807) is 11.0 Å². The third-order valence-electron chi connectivity index (χ3n) is 3.20. The summed E-state index contributed by atoms with van der Waals surface area (Å²) >= 11 is 0. The number of ether oxygens (including phenoxy) is 1. The summed E-state index contributed by atoms with van der Waals surface area (Å²) in [6.45, 7) is -1.95. The van der Waals surface area contributed by atoms with Crippen LogP contribution in [0.5, 0.6) is 5.75 Å². The summed E-state index contributed by atoms with van der Waals surface area (Å²) in [7, 11) is 0. The molecule has 0 N–H and O–H groups in total. The van der Waals surface area contributed by atoms with Crippen molar-refractivity contribution < 1.29 is 18.3 Å². The molecule has 106 valence electrons. The summed E-state index contributed by atoms with van der Waals surface area (Å²) in [6.07, 6.45) is 1.56. The zero-order valence-electron chi connectivity index (χ0n) is 10.8. The molecular formula is C14H14F2N2O2. The number of amides is 1. The fourth-order valence-electron chi connectivity index (χ4n) is 2.25. The highest BCUT2D eigenvalue weighted by atomic mass is 19.3. The number of hydrogen-bond donors (Lipinski definition) is 0. The molecule has 0 aliphatic carbocycles. The summed E-state index contributed by atoms with van der Waals surface area (Å²) in [4.78, 5) is 13.9. The number of carbonyl (C=O) groups excluding carboxylic acids is 1. The molecule has 4 nitrogen and oxygen atoms in total. The van der Waals surface area contributed by atoms with Gasteiger partial charge in [0.25, 0.3) is 5.91 Å². The van der Waals surface area contributed by atoms with Crippen LogP contribution >= 0.6 is 0 Å². The first-order valence-corrected chi connectivity index (χ1v) is 6.34. The number of nitrogens with zero attached hydrogens (tertiary/aromatic N) is 2. The van der Waals surface area contributed by atoms with E-state index >= 15 is 0 Å². The van der Waals surface area contributed by atoms with Crippen molar-refractivity contribution in [1.82, 2.24) is 4.90 Å². The van der Waals surface area contributed by atoms with E-state index in [1.165, 1.54) is 18.2 Å². The second kappa shape index (κ2) is 6.33. The van der Waals surface area contributed by atoms with Gasteiger partial charge in [0.1, 0.15) is 5.75 Å². The van der Waals surface area contributed by atoms with Crippen LogP contribution in [0.4, 0.5) is 8.78 Å². The third-order valence-corrected chi connectivity index (χ3v) is 3.20. The van der Waals surface area contributed by atoms with Crippen LogP contribution in [0.2, 0.25) is 0 Å². The van der Waals surface area contributed by atoms with Gasteiger partial charge in [-0.3, -0.25) is 4.79 Å². The Hall–Kier alpha value is -2.16. The Balaban J connectivity index is 2.10.